The van der Waals surface area contributed by atoms with Crippen LogP contribution >= 0.6 is 0 Å². The number of anilines is 1. The van der Waals surface area contributed by atoms with Crippen molar-refractivity contribution in [1.29, 1.82) is 0 Å². The fraction of sp³-hybridized carbons (Fsp3) is 0.391. The molecular weight excluding hydrogens is 393 g/mol. The predicted octanol–water partition coefficient (Wildman–Crippen LogP) is 5.08. The Morgan fingerprint density at radius 2 is 1.77 bits per heavy atom. The van der Waals surface area contributed by atoms with Crippen LogP contribution < -0.4 is 5.32 Å². The van der Waals surface area contributed by atoms with Gasteiger partial charge in [0.1, 0.15) is 0 Å². The summed E-state index contributed by atoms with van der Waals surface area (Å²) in [7, 11) is 0. The maximum Gasteiger partial charge on any atom is 0.416 e. The van der Waals surface area contributed by atoms with E-state index in [-0.39, 0.29) is 30.1 Å². The van der Waals surface area contributed by atoms with Crippen LogP contribution in [-0.4, -0.2) is 29.8 Å². The number of nitrogens with one attached hydrogen (secondary N) is 1. The number of carbonyl (C=O) groups is 2. The van der Waals surface area contributed by atoms with Crippen LogP contribution in [0.1, 0.15) is 43.2 Å². The molecule has 1 heterocycles. The molecule has 2 aromatic carbocycles. The molecule has 2 atom stereocenters. The molecule has 0 bridgehead atoms. The molecule has 0 radical (unpaired) electrons. The summed E-state index contributed by atoms with van der Waals surface area (Å²) < 4.78 is 38.2. The van der Waals surface area contributed by atoms with E-state index in [0.29, 0.717) is 18.7 Å². The summed E-state index contributed by atoms with van der Waals surface area (Å²) in [5, 5.41) is 2.89. The van der Waals surface area contributed by atoms with Crippen molar-refractivity contribution in [3.63, 3.8) is 0 Å². The first-order valence-electron chi connectivity index (χ1n) is 10.0. The highest BCUT2D eigenvalue weighted by Crippen LogP contribution is 2.31. The van der Waals surface area contributed by atoms with Gasteiger partial charge in [0.05, 0.1) is 11.5 Å². The van der Waals surface area contributed by atoms with E-state index < -0.39 is 11.7 Å². The molecule has 4 nitrogen and oxygen atoms in total. The Morgan fingerprint density at radius 3 is 2.40 bits per heavy atom. The Bertz CT molecular complexity index is 866. The van der Waals surface area contributed by atoms with Crippen molar-refractivity contribution < 1.29 is 22.8 Å². The smallest absolute Gasteiger partial charge is 0.342 e. The first-order chi connectivity index (χ1) is 14.2. The molecule has 160 valence electrons. The summed E-state index contributed by atoms with van der Waals surface area (Å²) in [5.41, 5.74) is 0.710. The molecule has 3 rings (SSSR count). The molecule has 2 aromatic rings. The Morgan fingerprint density at radius 1 is 1.10 bits per heavy atom. The first kappa shape index (κ1) is 21.9. The number of hydrogen-bond acceptors (Lipinski definition) is 2. The number of rotatable bonds is 5. The van der Waals surface area contributed by atoms with Crippen LogP contribution in [0.15, 0.2) is 54.6 Å². The lowest BCUT2D eigenvalue weighted by molar-refractivity contribution is -0.138. The lowest BCUT2D eigenvalue weighted by Crippen LogP contribution is -2.44. The number of likely N-dealkylation sites (tertiary alicyclic amines) is 1. The topological polar surface area (TPSA) is 49.4 Å². The van der Waals surface area contributed by atoms with Crippen LogP contribution in [0.25, 0.3) is 0 Å². The van der Waals surface area contributed by atoms with E-state index in [4.69, 9.17) is 0 Å². The molecule has 2 unspecified atom stereocenters. The number of carbonyl (C=O) groups excluding carboxylic acids is 2. The van der Waals surface area contributed by atoms with Crippen LogP contribution in [0, 0.1) is 5.92 Å². The summed E-state index contributed by atoms with van der Waals surface area (Å²) >= 11 is 0. The predicted molar refractivity (Wildman–Crippen MR) is 109 cm³/mol. The second-order valence-electron chi connectivity index (χ2n) is 7.76. The minimum Gasteiger partial charge on any atom is -0.342 e. The van der Waals surface area contributed by atoms with Crippen LogP contribution in [0.5, 0.6) is 0 Å². The highest BCUT2D eigenvalue weighted by atomic mass is 19.4. The second-order valence-corrected chi connectivity index (χ2v) is 7.76. The van der Waals surface area contributed by atoms with Gasteiger partial charge in [0.2, 0.25) is 11.8 Å². The van der Waals surface area contributed by atoms with Crippen LogP contribution in [0.3, 0.4) is 0 Å². The summed E-state index contributed by atoms with van der Waals surface area (Å²) in [6.07, 6.45) is -2.72. The van der Waals surface area contributed by atoms with Crippen LogP contribution in [-0.2, 0) is 15.8 Å². The third-order valence-corrected chi connectivity index (χ3v) is 5.47. The number of benzene rings is 2. The van der Waals surface area contributed by atoms with E-state index in [1.165, 1.54) is 12.1 Å². The zero-order valence-corrected chi connectivity index (χ0v) is 16.8. The molecule has 2 amide bonds. The highest BCUT2D eigenvalue weighted by molar-refractivity contribution is 5.93. The van der Waals surface area contributed by atoms with Gasteiger partial charge in [-0.15, -0.1) is 0 Å². The molecule has 0 aromatic heterocycles. The summed E-state index contributed by atoms with van der Waals surface area (Å²) in [6, 6.07) is 14.1. The number of para-hydroxylation sites is 1. The zero-order chi connectivity index (χ0) is 21.7. The van der Waals surface area contributed by atoms with E-state index >= 15 is 0 Å². The molecule has 0 spiro atoms. The number of amides is 2. The third-order valence-electron chi connectivity index (χ3n) is 5.47. The van der Waals surface area contributed by atoms with Gasteiger partial charge in [-0.05, 0) is 48.6 Å². The number of piperidine rings is 1. The molecule has 1 aliphatic heterocycles. The van der Waals surface area contributed by atoms with Gasteiger partial charge in [-0.25, -0.2) is 0 Å². The molecular formula is C23H25F3N2O2. The van der Waals surface area contributed by atoms with Gasteiger partial charge < -0.3 is 10.2 Å². The van der Waals surface area contributed by atoms with Gasteiger partial charge in [-0.2, -0.15) is 13.2 Å². The Hall–Kier alpha value is -2.83. The van der Waals surface area contributed by atoms with Crippen molar-refractivity contribution in [3.05, 3.63) is 65.7 Å². The van der Waals surface area contributed by atoms with E-state index in [1.807, 2.05) is 37.3 Å². The quantitative estimate of drug-likeness (QED) is 0.737. The van der Waals surface area contributed by atoms with Gasteiger partial charge in [0.25, 0.3) is 0 Å². The molecule has 1 fully saturated rings. The molecule has 0 aliphatic carbocycles. The standard InChI is InChI=1S/C23H25F3N2O2/c1-16(17-9-11-19(12-10-17)23(24,25)26)14-21(29)28-13-5-6-18(15-28)22(30)27-20-7-3-2-4-8-20/h2-4,7-12,16,18H,5-6,13-15H2,1H3,(H,27,30). The van der Waals surface area contributed by atoms with Crippen molar-refractivity contribution in [2.45, 2.75) is 38.3 Å². The van der Waals surface area contributed by atoms with Crippen molar-refractivity contribution in [2.75, 3.05) is 18.4 Å². The summed E-state index contributed by atoms with van der Waals surface area (Å²) in [5.74, 6) is -0.670. The molecule has 1 aliphatic rings. The maximum absolute atomic E-state index is 12.7. The monoisotopic (exact) mass is 418 g/mol. The molecule has 1 N–H and O–H groups in total. The van der Waals surface area contributed by atoms with E-state index in [2.05, 4.69) is 5.32 Å². The van der Waals surface area contributed by atoms with Crippen LogP contribution in [0.4, 0.5) is 18.9 Å². The van der Waals surface area contributed by atoms with Crippen molar-refractivity contribution in [3.8, 4) is 0 Å². The normalized spacial score (nSPS) is 18.0. The fourth-order valence-electron chi connectivity index (χ4n) is 3.69. The minimum atomic E-state index is -4.37. The van der Waals surface area contributed by atoms with E-state index in [9.17, 15) is 22.8 Å². The van der Waals surface area contributed by atoms with E-state index in [0.717, 1.165) is 30.7 Å². The first-order valence-corrected chi connectivity index (χ1v) is 10.0. The van der Waals surface area contributed by atoms with Crippen molar-refractivity contribution in [2.24, 2.45) is 5.92 Å². The van der Waals surface area contributed by atoms with Gasteiger partial charge in [0, 0.05) is 25.2 Å². The molecule has 1 saturated heterocycles. The Balaban J connectivity index is 1.56. The Labute approximate surface area is 174 Å². The maximum atomic E-state index is 12.7. The molecule has 7 heteroatoms. The molecule has 0 saturated carbocycles. The third kappa shape index (κ3) is 5.62. The van der Waals surface area contributed by atoms with Gasteiger partial charge in [0.15, 0.2) is 0 Å². The fourth-order valence-corrected chi connectivity index (χ4v) is 3.69. The second kappa shape index (κ2) is 9.32. The lowest BCUT2D eigenvalue weighted by atomic mass is 9.93. The van der Waals surface area contributed by atoms with Crippen molar-refractivity contribution >= 4 is 17.5 Å². The van der Waals surface area contributed by atoms with Crippen LogP contribution in [0.2, 0.25) is 0 Å². The average molecular weight is 418 g/mol. The van der Waals surface area contributed by atoms with Gasteiger partial charge in [-0.1, -0.05) is 37.3 Å². The SMILES string of the molecule is CC(CC(=O)N1CCCC(C(=O)Nc2ccccc2)C1)c1ccc(C(F)(F)F)cc1. The van der Waals surface area contributed by atoms with E-state index in [1.54, 1.807) is 4.90 Å². The Kier molecular flexibility index (Phi) is 6.80. The number of halogens is 3. The largest absolute Gasteiger partial charge is 0.416 e. The number of alkyl halides is 3. The van der Waals surface area contributed by atoms with Gasteiger partial charge in [-0.3, -0.25) is 9.59 Å². The number of hydrogen-bond donors (Lipinski definition) is 1. The minimum absolute atomic E-state index is 0.0837. The number of nitrogens with zero attached hydrogens (tertiary/aromatic N) is 1. The van der Waals surface area contributed by atoms with Gasteiger partial charge >= 0.3 is 6.18 Å². The lowest BCUT2D eigenvalue weighted by Gasteiger charge is -2.32. The summed E-state index contributed by atoms with van der Waals surface area (Å²) in [6.45, 7) is 2.77. The summed E-state index contributed by atoms with van der Waals surface area (Å²) in [4.78, 5) is 27.0. The molecule has 30 heavy (non-hydrogen) atoms. The highest BCUT2D eigenvalue weighted by Gasteiger charge is 2.31. The average Bonchev–Trinajstić information content (AvgIpc) is 2.74. The van der Waals surface area contributed by atoms with Crippen molar-refractivity contribution in [1.82, 2.24) is 4.90 Å². The zero-order valence-electron chi connectivity index (χ0n) is 16.8.